The zero-order valence-corrected chi connectivity index (χ0v) is 23.2. The minimum Gasteiger partial charge on any atom is -0.472 e. The van der Waals surface area contributed by atoms with Crippen molar-refractivity contribution in [3.05, 3.63) is 30.2 Å². The summed E-state index contributed by atoms with van der Waals surface area (Å²) in [6, 6.07) is 2.00. The van der Waals surface area contributed by atoms with Crippen LogP contribution in [-0.4, -0.2) is 60.6 Å². The van der Waals surface area contributed by atoms with Crippen molar-refractivity contribution in [2.45, 2.75) is 46.3 Å². The highest BCUT2D eigenvalue weighted by molar-refractivity contribution is 14.2. The number of pyridine rings is 1. The maximum atomic E-state index is 12.3. The van der Waals surface area contributed by atoms with E-state index < -0.39 is 11.7 Å². The SMILES string of the molecule is C=Cc1nn(PI)c2cnc(-c3c(C)nn(C)c3O[C@H](C)CN(C)C(=O)OC(C)(C)C)cc12. The van der Waals surface area contributed by atoms with Crippen molar-refractivity contribution in [2.24, 2.45) is 7.05 Å². The predicted molar refractivity (Wildman–Crippen MR) is 141 cm³/mol. The van der Waals surface area contributed by atoms with Crippen LogP contribution < -0.4 is 4.74 Å². The molecule has 0 aromatic carbocycles. The van der Waals surface area contributed by atoms with Crippen LogP contribution in [0.3, 0.4) is 0 Å². The summed E-state index contributed by atoms with van der Waals surface area (Å²) in [7, 11) is 3.53. The van der Waals surface area contributed by atoms with Crippen LogP contribution in [0.1, 0.15) is 39.1 Å². The summed E-state index contributed by atoms with van der Waals surface area (Å²) in [5.41, 5.74) is 3.57. The molecule has 178 valence electrons. The Hall–Kier alpha value is -2.20. The molecule has 0 bridgehead atoms. The second-order valence-corrected chi connectivity index (χ2v) is 10.9. The molecule has 33 heavy (non-hydrogen) atoms. The van der Waals surface area contributed by atoms with Crippen molar-refractivity contribution >= 4 is 51.5 Å². The minimum absolute atomic E-state index is 0.300. The van der Waals surface area contributed by atoms with E-state index in [4.69, 9.17) is 14.5 Å². The molecular formula is C22H30IN6O3P. The van der Waals surface area contributed by atoms with Gasteiger partial charge in [-0.1, -0.05) is 6.58 Å². The number of rotatable bonds is 7. The van der Waals surface area contributed by atoms with Gasteiger partial charge in [-0.15, -0.1) is 0 Å². The van der Waals surface area contributed by atoms with Crippen molar-refractivity contribution < 1.29 is 14.3 Å². The van der Waals surface area contributed by atoms with E-state index >= 15 is 0 Å². The highest BCUT2D eigenvalue weighted by atomic mass is 127. The van der Waals surface area contributed by atoms with Crippen LogP contribution in [0.15, 0.2) is 18.8 Å². The number of likely N-dealkylation sites (N-methyl/N-ethyl adjacent to an activating group) is 1. The van der Waals surface area contributed by atoms with Gasteiger partial charge in [0.2, 0.25) is 5.88 Å². The molecule has 0 aliphatic heterocycles. The largest absolute Gasteiger partial charge is 0.472 e. The van der Waals surface area contributed by atoms with Crippen LogP contribution in [0.2, 0.25) is 0 Å². The fourth-order valence-corrected chi connectivity index (χ4v) is 5.00. The van der Waals surface area contributed by atoms with E-state index in [0.717, 1.165) is 33.5 Å². The predicted octanol–water partition coefficient (Wildman–Crippen LogP) is 5.21. The van der Waals surface area contributed by atoms with Crippen molar-refractivity contribution in [1.29, 1.82) is 0 Å². The molecule has 3 rings (SSSR count). The average Bonchev–Trinajstić information content (AvgIpc) is 3.22. The summed E-state index contributed by atoms with van der Waals surface area (Å²) < 4.78 is 15.3. The molecule has 0 aliphatic rings. The lowest BCUT2D eigenvalue weighted by molar-refractivity contribution is 0.0233. The third kappa shape index (κ3) is 5.66. The Kier molecular flexibility index (Phi) is 7.68. The molecular weight excluding hydrogens is 554 g/mol. The molecule has 1 amide bonds. The maximum absolute atomic E-state index is 12.3. The van der Waals surface area contributed by atoms with Gasteiger partial charge in [0.15, 0.2) is 0 Å². The number of nitrogens with zero attached hydrogens (tertiary/aromatic N) is 6. The van der Waals surface area contributed by atoms with Crippen LogP contribution in [-0.2, 0) is 11.8 Å². The van der Waals surface area contributed by atoms with Crippen molar-refractivity contribution in [1.82, 2.24) is 29.2 Å². The fraction of sp³-hybridized carbons (Fsp3) is 0.455. The Bertz CT molecular complexity index is 1180. The normalized spacial score (nSPS) is 13.0. The van der Waals surface area contributed by atoms with Gasteiger partial charge in [0.05, 0.1) is 47.3 Å². The smallest absolute Gasteiger partial charge is 0.410 e. The summed E-state index contributed by atoms with van der Waals surface area (Å²) in [5.74, 6) is 0.591. The molecule has 11 heteroatoms. The summed E-state index contributed by atoms with van der Waals surface area (Å²) >= 11 is 2.30. The van der Waals surface area contributed by atoms with Gasteiger partial charge in [0.25, 0.3) is 0 Å². The van der Waals surface area contributed by atoms with Gasteiger partial charge in [-0.05, 0) is 68.8 Å². The molecule has 2 atom stereocenters. The third-order valence-corrected chi connectivity index (χ3v) is 6.71. The van der Waals surface area contributed by atoms with E-state index in [0.29, 0.717) is 18.8 Å². The minimum atomic E-state index is -0.554. The number of fused-ring (bicyclic) bond motifs is 1. The van der Waals surface area contributed by atoms with Crippen LogP contribution in [0.25, 0.3) is 28.2 Å². The van der Waals surface area contributed by atoms with Gasteiger partial charge in [-0.2, -0.15) is 10.2 Å². The average molecular weight is 584 g/mol. The van der Waals surface area contributed by atoms with Crippen LogP contribution in [0.5, 0.6) is 5.88 Å². The first kappa shape index (κ1) is 25.4. The molecule has 1 unspecified atom stereocenters. The molecule has 0 radical (unpaired) electrons. The molecule has 0 spiro atoms. The summed E-state index contributed by atoms with van der Waals surface area (Å²) in [5, 5.41) is 10.1. The first-order valence-corrected chi connectivity index (χ1v) is 14.5. The van der Waals surface area contributed by atoms with Gasteiger partial charge >= 0.3 is 6.09 Å². The molecule has 0 N–H and O–H groups in total. The van der Waals surface area contributed by atoms with Crippen LogP contribution >= 0.6 is 28.4 Å². The number of carbonyl (C=O) groups is 1. The Morgan fingerprint density at radius 3 is 2.70 bits per heavy atom. The summed E-state index contributed by atoms with van der Waals surface area (Å²) in [4.78, 5) is 18.5. The second kappa shape index (κ2) is 9.97. The molecule has 9 nitrogen and oxygen atoms in total. The first-order chi connectivity index (χ1) is 15.4. The van der Waals surface area contributed by atoms with Gasteiger partial charge < -0.3 is 14.4 Å². The summed E-state index contributed by atoms with van der Waals surface area (Å²) in [6.07, 6.45) is 3.35. The number of hydrogen-bond acceptors (Lipinski definition) is 6. The van der Waals surface area contributed by atoms with Crippen molar-refractivity contribution in [3.8, 4) is 17.1 Å². The third-order valence-electron chi connectivity index (χ3n) is 4.84. The zero-order valence-electron chi connectivity index (χ0n) is 20.0. The van der Waals surface area contributed by atoms with E-state index in [2.05, 4.69) is 38.8 Å². The molecule has 3 heterocycles. The number of carbonyl (C=O) groups excluding carboxylic acids is 1. The van der Waals surface area contributed by atoms with Crippen molar-refractivity contribution in [2.75, 3.05) is 13.6 Å². The number of halogens is 1. The maximum Gasteiger partial charge on any atom is 0.410 e. The van der Waals surface area contributed by atoms with Crippen LogP contribution in [0.4, 0.5) is 4.79 Å². The number of ether oxygens (including phenoxy) is 2. The van der Waals surface area contributed by atoms with E-state index in [1.807, 2.05) is 58.4 Å². The monoisotopic (exact) mass is 584 g/mol. The number of amides is 1. The van der Waals surface area contributed by atoms with E-state index in [1.54, 1.807) is 17.8 Å². The topological polar surface area (TPSA) is 87.3 Å². The second-order valence-electron chi connectivity index (χ2n) is 8.85. The molecule has 3 aromatic heterocycles. The lowest BCUT2D eigenvalue weighted by Gasteiger charge is -2.26. The molecule has 0 saturated carbocycles. The van der Waals surface area contributed by atoms with Gasteiger partial charge in [0.1, 0.15) is 11.7 Å². The Balaban J connectivity index is 1.90. The molecule has 0 aliphatic carbocycles. The number of aromatic nitrogens is 5. The van der Waals surface area contributed by atoms with Crippen molar-refractivity contribution in [3.63, 3.8) is 0 Å². The van der Waals surface area contributed by atoms with E-state index in [9.17, 15) is 4.79 Å². The Morgan fingerprint density at radius 2 is 2.09 bits per heavy atom. The summed E-state index contributed by atoms with van der Waals surface area (Å²) in [6.45, 7) is 13.6. The molecule has 0 saturated heterocycles. The van der Waals surface area contributed by atoms with Gasteiger partial charge in [-0.3, -0.25) is 4.98 Å². The Morgan fingerprint density at radius 1 is 1.39 bits per heavy atom. The number of hydrogen-bond donors (Lipinski definition) is 0. The van der Waals surface area contributed by atoms with Crippen LogP contribution in [0, 0.1) is 6.92 Å². The number of aryl methyl sites for hydroxylation is 2. The highest BCUT2D eigenvalue weighted by Crippen LogP contribution is 2.36. The lowest BCUT2D eigenvalue weighted by atomic mass is 10.1. The molecule has 3 aromatic rings. The van der Waals surface area contributed by atoms with Gasteiger partial charge in [0, 0.05) is 19.5 Å². The van der Waals surface area contributed by atoms with E-state index in [-0.39, 0.29) is 6.10 Å². The first-order valence-electron chi connectivity index (χ1n) is 10.5. The fourth-order valence-electron chi connectivity index (χ4n) is 3.48. The Labute approximate surface area is 208 Å². The quantitative estimate of drug-likeness (QED) is 0.280. The molecule has 0 fully saturated rings. The standard InChI is InChI=1S/C22H30IN6O3P/c1-9-16-15-10-17(24-11-18(15)29(26-16)33-23)19-14(3)25-28(8)20(19)31-13(2)12-27(7)21(30)32-22(4,5)6/h9-11,13,33H,1,12H2,2-8H3/t13-/m1/s1. The highest BCUT2D eigenvalue weighted by Gasteiger charge is 2.24. The van der Waals surface area contributed by atoms with E-state index in [1.165, 1.54) is 4.90 Å². The van der Waals surface area contributed by atoms with Gasteiger partial charge in [-0.25, -0.2) is 13.9 Å². The lowest BCUT2D eigenvalue weighted by Crippen LogP contribution is -2.39. The zero-order chi connectivity index (χ0) is 24.5.